The number of aromatic nitrogens is 4. The number of hydrogen-bond acceptors (Lipinski definition) is 7. The number of ether oxygens (including phenoxy) is 1. The minimum atomic E-state index is -0.266. The molecule has 1 saturated heterocycles. The van der Waals surface area contributed by atoms with E-state index in [1.807, 2.05) is 33.8 Å². The highest BCUT2D eigenvalue weighted by atomic mass is 19.1. The fraction of sp³-hybridized carbons (Fsp3) is 0.217. The van der Waals surface area contributed by atoms with Crippen molar-refractivity contribution in [2.45, 2.75) is 6.54 Å². The number of amidine groups is 1. The molecular weight excluding hydrogens is 423 g/mol. The van der Waals surface area contributed by atoms with Crippen LogP contribution in [-0.4, -0.2) is 56.8 Å². The third kappa shape index (κ3) is 4.33. The van der Waals surface area contributed by atoms with Crippen LogP contribution in [0.3, 0.4) is 0 Å². The summed E-state index contributed by atoms with van der Waals surface area (Å²) in [6, 6.07) is 12.3. The van der Waals surface area contributed by atoms with Crippen molar-refractivity contribution in [3.63, 3.8) is 0 Å². The van der Waals surface area contributed by atoms with Gasteiger partial charge in [0, 0.05) is 24.2 Å². The van der Waals surface area contributed by atoms with Gasteiger partial charge >= 0.3 is 0 Å². The predicted molar refractivity (Wildman–Crippen MR) is 124 cm³/mol. The lowest BCUT2D eigenvalue weighted by Crippen LogP contribution is -2.41. The van der Waals surface area contributed by atoms with E-state index >= 15 is 0 Å². The van der Waals surface area contributed by atoms with E-state index in [1.54, 1.807) is 12.3 Å². The number of hydrogen-bond donors (Lipinski definition) is 3. The topological polar surface area (TPSA) is 118 Å². The van der Waals surface area contributed by atoms with E-state index in [2.05, 4.69) is 20.4 Å². The van der Waals surface area contributed by atoms with Gasteiger partial charge < -0.3 is 20.7 Å². The molecule has 5 rings (SSSR count). The van der Waals surface area contributed by atoms with E-state index < -0.39 is 0 Å². The average Bonchev–Trinajstić information content (AvgIpc) is 3.21. The van der Waals surface area contributed by atoms with Crippen molar-refractivity contribution in [2.75, 3.05) is 37.4 Å². The van der Waals surface area contributed by atoms with Gasteiger partial charge in [-0.25, -0.2) is 14.4 Å². The minimum absolute atomic E-state index is 0.244. The summed E-state index contributed by atoms with van der Waals surface area (Å²) in [5.41, 5.74) is 9.13. The van der Waals surface area contributed by atoms with Crippen molar-refractivity contribution in [2.24, 2.45) is 0 Å². The zero-order chi connectivity index (χ0) is 22.8. The van der Waals surface area contributed by atoms with Crippen molar-refractivity contribution < 1.29 is 9.13 Å². The summed E-state index contributed by atoms with van der Waals surface area (Å²) in [6.07, 6.45) is 3.15. The molecule has 0 aliphatic carbocycles. The molecule has 0 radical (unpaired) electrons. The molecule has 1 fully saturated rings. The van der Waals surface area contributed by atoms with Crippen molar-refractivity contribution in [3.05, 3.63) is 71.9 Å². The maximum atomic E-state index is 13.5. The molecule has 4 aromatic rings. The van der Waals surface area contributed by atoms with E-state index in [1.165, 1.54) is 18.5 Å². The summed E-state index contributed by atoms with van der Waals surface area (Å²) >= 11 is 0. The second-order valence-corrected chi connectivity index (χ2v) is 7.76. The molecule has 1 aliphatic heterocycles. The van der Waals surface area contributed by atoms with Crippen molar-refractivity contribution in [1.29, 1.82) is 5.41 Å². The van der Waals surface area contributed by atoms with Gasteiger partial charge in [-0.3, -0.25) is 10.1 Å². The van der Waals surface area contributed by atoms with Gasteiger partial charge in [0.05, 0.1) is 31.5 Å². The lowest BCUT2D eigenvalue weighted by molar-refractivity contribution is 0.0680. The van der Waals surface area contributed by atoms with Gasteiger partial charge in [0.2, 0.25) is 0 Å². The first-order chi connectivity index (χ1) is 16.1. The van der Waals surface area contributed by atoms with Gasteiger partial charge in [-0.1, -0.05) is 12.1 Å². The predicted octanol–water partition coefficient (Wildman–Crippen LogP) is 3.00. The Kier molecular flexibility index (Phi) is 5.57. The van der Waals surface area contributed by atoms with Crippen LogP contribution in [0, 0.1) is 11.2 Å². The summed E-state index contributed by atoms with van der Waals surface area (Å²) in [4.78, 5) is 10.3. The Balaban J connectivity index is 1.41. The summed E-state index contributed by atoms with van der Waals surface area (Å²) in [5, 5.41) is 17.3. The number of fused-ring (bicyclic) bond motifs is 1. The Morgan fingerprint density at radius 3 is 2.82 bits per heavy atom. The van der Waals surface area contributed by atoms with Crippen LogP contribution >= 0.6 is 0 Å². The molecule has 168 valence electrons. The molecule has 33 heavy (non-hydrogen) atoms. The molecular formula is C23H23FN8O. The maximum absolute atomic E-state index is 13.5. The molecule has 0 unspecified atom stereocenters. The third-order valence-corrected chi connectivity index (χ3v) is 5.57. The molecule has 2 aromatic heterocycles. The van der Waals surface area contributed by atoms with Crippen LogP contribution in [0.5, 0.6) is 0 Å². The number of nitrogens with one attached hydrogen (secondary N) is 2. The fourth-order valence-corrected chi connectivity index (χ4v) is 3.91. The lowest BCUT2D eigenvalue weighted by atomic mass is 10.2. The molecule has 2 aromatic carbocycles. The van der Waals surface area contributed by atoms with E-state index in [4.69, 9.17) is 15.9 Å². The zero-order valence-electron chi connectivity index (χ0n) is 17.8. The first-order valence-corrected chi connectivity index (χ1v) is 10.6. The van der Waals surface area contributed by atoms with Crippen LogP contribution in [0.25, 0.3) is 10.9 Å². The summed E-state index contributed by atoms with van der Waals surface area (Å²) in [7, 11) is 0. The molecule has 3 heterocycles. The summed E-state index contributed by atoms with van der Waals surface area (Å²) in [5.74, 6) is 0.708. The highest BCUT2D eigenvalue weighted by Crippen LogP contribution is 2.26. The van der Waals surface area contributed by atoms with Gasteiger partial charge in [0.1, 0.15) is 35.2 Å². The summed E-state index contributed by atoms with van der Waals surface area (Å²) in [6.45, 7) is 2.83. The van der Waals surface area contributed by atoms with Crippen molar-refractivity contribution in [3.8, 4) is 0 Å². The average molecular weight is 446 g/mol. The van der Waals surface area contributed by atoms with Gasteiger partial charge in [0.15, 0.2) is 0 Å². The zero-order valence-corrected chi connectivity index (χ0v) is 17.8. The number of nitrogen functional groups attached to an aromatic ring is 1. The largest absolute Gasteiger partial charge is 0.383 e. The van der Waals surface area contributed by atoms with E-state index in [0.717, 1.165) is 22.2 Å². The van der Waals surface area contributed by atoms with Gasteiger partial charge in [-0.2, -0.15) is 5.10 Å². The first kappa shape index (κ1) is 20.8. The number of rotatable bonds is 5. The lowest BCUT2D eigenvalue weighted by Gasteiger charge is -2.29. The van der Waals surface area contributed by atoms with Crippen LogP contribution in [0.15, 0.2) is 55.0 Å². The molecule has 0 atom stereocenters. The van der Waals surface area contributed by atoms with Gasteiger partial charge in [0.25, 0.3) is 0 Å². The Labute approximate surface area is 189 Å². The van der Waals surface area contributed by atoms with Gasteiger partial charge in [-0.15, -0.1) is 0 Å². The molecule has 9 nitrogen and oxygen atoms in total. The van der Waals surface area contributed by atoms with Crippen LogP contribution in [0.2, 0.25) is 0 Å². The number of morpholine rings is 1. The van der Waals surface area contributed by atoms with Crippen LogP contribution in [0.4, 0.5) is 21.7 Å². The Hall–Kier alpha value is -4.05. The van der Waals surface area contributed by atoms with Crippen LogP contribution in [-0.2, 0) is 11.3 Å². The number of halogens is 1. The first-order valence-electron chi connectivity index (χ1n) is 10.6. The van der Waals surface area contributed by atoms with Crippen molar-refractivity contribution >= 4 is 34.1 Å². The maximum Gasteiger partial charge on any atom is 0.147 e. The Morgan fingerprint density at radius 1 is 1.15 bits per heavy atom. The third-order valence-electron chi connectivity index (χ3n) is 5.57. The molecule has 0 bridgehead atoms. The van der Waals surface area contributed by atoms with E-state index in [9.17, 15) is 4.39 Å². The standard InChI is InChI=1S/C23H23FN8O/c24-17-3-1-2-15(10-17)13-32-19-5-4-18(11-16(19)12-29-32)30-23-20(21(25)27-14-28-23)22(26)31-6-8-33-9-7-31/h1-5,10-12,14,26H,6-9,13H2,(H3,25,27,28,30). The van der Waals surface area contributed by atoms with Crippen molar-refractivity contribution in [1.82, 2.24) is 24.6 Å². The minimum Gasteiger partial charge on any atom is -0.383 e. The van der Waals surface area contributed by atoms with Gasteiger partial charge in [-0.05, 0) is 35.9 Å². The Morgan fingerprint density at radius 2 is 2.00 bits per heavy atom. The normalized spacial score (nSPS) is 13.9. The number of benzene rings is 2. The Bertz CT molecular complexity index is 1320. The number of anilines is 3. The van der Waals surface area contributed by atoms with Crippen LogP contribution < -0.4 is 11.1 Å². The molecule has 4 N–H and O–H groups in total. The SMILES string of the molecule is N=C(c1c(N)ncnc1Nc1ccc2c(cnn2Cc2cccc(F)c2)c1)N1CCOCC1. The molecule has 0 amide bonds. The second-order valence-electron chi connectivity index (χ2n) is 7.76. The second kappa shape index (κ2) is 8.83. The molecule has 0 spiro atoms. The molecule has 0 saturated carbocycles. The quantitative estimate of drug-likeness (QED) is 0.319. The molecule has 1 aliphatic rings. The number of nitrogens with zero attached hydrogens (tertiary/aromatic N) is 5. The van der Waals surface area contributed by atoms with Crippen LogP contribution in [0.1, 0.15) is 11.1 Å². The smallest absolute Gasteiger partial charge is 0.147 e. The fourth-order valence-electron chi connectivity index (χ4n) is 3.91. The highest BCUT2D eigenvalue weighted by Gasteiger charge is 2.22. The monoisotopic (exact) mass is 446 g/mol. The highest BCUT2D eigenvalue weighted by molar-refractivity contribution is 6.05. The van der Waals surface area contributed by atoms with E-state index in [0.29, 0.717) is 44.2 Å². The van der Waals surface area contributed by atoms with E-state index in [-0.39, 0.29) is 17.5 Å². The summed E-state index contributed by atoms with van der Waals surface area (Å²) < 4.78 is 20.7. The number of nitrogens with two attached hydrogens (primary N) is 1. The molecule has 10 heteroatoms.